The van der Waals surface area contributed by atoms with Crippen molar-refractivity contribution in [1.29, 1.82) is 0 Å². The highest BCUT2D eigenvalue weighted by molar-refractivity contribution is 7.13. The molecule has 4 heteroatoms. The largest absolute Gasteiger partial charge is 0.302 e. The van der Waals surface area contributed by atoms with Gasteiger partial charge in [0.1, 0.15) is 0 Å². The number of hydrogen-bond acceptors (Lipinski definition) is 4. The first-order chi connectivity index (χ1) is 6.00. The number of rotatable bonds is 3. The zero-order chi connectivity index (χ0) is 10.0. The number of ketones is 1. The van der Waals surface area contributed by atoms with E-state index in [4.69, 9.17) is 0 Å². The molecule has 72 valence electrons. The summed E-state index contributed by atoms with van der Waals surface area (Å²) in [6.45, 7) is 4.26. The molecule has 0 N–H and O–H groups in total. The fraction of sp³-hybridized carbons (Fsp3) is 0.556. The zero-order valence-corrected chi connectivity index (χ0v) is 9.23. The number of likely N-dealkylation sites (N-methyl/N-ethyl adjacent to an activating group) is 1. The number of carbonyl (C=O) groups excluding carboxylic acids is 1. The minimum absolute atomic E-state index is 0.160. The van der Waals surface area contributed by atoms with Gasteiger partial charge in [0, 0.05) is 0 Å². The van der Waals surface area contributed by atoms with Gasteiger partial charge < -0.3 is 4.90 Å². The van der Waals surface area contributed by atoms with Crippen LogP contribution in [0, 0.1) is 13.8 Å². The quantitative estimate of drug-likeness (QED) is 0.690. The van der Waals surface area contributed by atoms with E-state index < -0.39 is 0 Å². The van der Waals surface area contributed by atoms with Crippen LogP contribution in [0.15, 0.2) is 0 Å². The Morgan fingerprint density at radius 2 is 2.08 bits per heavy atom. The third-order valence-electron chi connectivity index (χ3n) is 1.62. The lowest BCUT2D eigenvalue weighted by Gasteiger charge is -2.06. The summed E-state index contributed by atoms with van der Waals surface area (Å²) in [5.41, 5.74) is 0.856. The maximum atomic E-state index is 11.6. The van der Waals surface area contributed by atoms with Crippen LogP contribution in [0.2, 0.25) is 0 Å². The molecular formula is C9H14N2OS. The number of nitrogens with zero attached hydrogens (tertiary/aromatic N) is 2. The standard InChI is InChI=1S/C9H14N2OS/c1-6-9(13-7(2)10-6)8(12)5-11(3)4/h5H2,1-4H3. The van der Waals surface area contributed by atoms with Crippen LogP contribution in [0.1, 0.15) is 20.4 Å². The van der Waals surface area contributed by atoms with Gasteiger partial charge in [-0.05, 0) is 27.9 Å². The minimum Gasteiger partial charge on any atom is -0.302 e. The molecule has 0 amide bonds. The predicted octanol–water partition coefficient (Wildman–Crippen LogP) is 1.50. The number of carbonyl (C=O) groups is 1. The average Bonchev–Trinajstić information content (AvgIpc) is 2.28. The maximum absolute atomic E-state index is 11.6. The fourth-order valence-electron chi connectivity index (χ4n) is 1.15. The second-order valence-corrected chi connectivity index (χ2v) is 4.51. The summed E-state index contributed by atoms with van der Waals surface area (Å²) < 4.78 is 0. The number of hydrogen-bond donors (Lipinski definition) is 0. The lowest BCUT2D eigenvalue weighted by molar-refractivity contribution is 0.0961. The number of aryl methyl sites for hydroxylation is 2. The van der Waals surface area contributed by atoms with Crippen LogP contribution in [-0.4, -0.2) is 36.3 Å². The van der Waals surface area contributed by atoms with Gasteiger partial charge in [0.15, 0.2) is 5.78 Å². The molecule has 0 fully saturated rings. The van der Waals surface area contributed by atoms with E-state index in [1.165, 1.54) is 11.3 Å². The van der Waals surface area contributed by atoms with Gasteiger partial charge in [-0.15, -0.1) is 11.3 Å². The van der Waals surface area contributed by atoms with E-state index in [-0.39, 0.29) is 5.78 Å². The number of aromatic nitrogens is 1. The van der Waals surface area contributed by atoms with Crippen molar-refractivity contribution in [2.24, 2.45) is 0 Å². The number of thiazole rings is 1. The Kier molecular flexibility index (Phi) is 3.17. The predicted molar refractivity (Wildman–Crippen MR) is 54.5 cm³/mol. The molecule has 0 unspecified atom stereocenters. The molecule has 0 aromatic carbocycles. The van der Waals surface area contributed by atoms with Crippen LogP contribution in [-0.2, 0) is 0 Å². The summed E-state index contributed by atoms with van der Waals surface area (Å²) in [5, 5.41) is 0.958. The molecule has 0 atom stereocenters. The summed E-state index contributed by atoms with van der Waals surface area (Å²) in [5.74, 6) is 0.160. The summed E-state index contributed by atoms with van der Waals surface area (Å²) >= 11 is 1.48. The summed E-state index contributed by atoms with van der Waals surface area (Å²) in [6, 6.07) is 0. The summed E-state index contributed by atoms with van der Waals surface area (Å²) in [7, 11) is 3.78. The van der Waals surface area contributed by atoms with Crippen LogP contribution in [0.5, 0.6) is 0 Å². The molecule has 0 radical (unpaired) electrons. The SMILES string of the molecule is Cc1nc(C)c(C(=O)CN(C)C)s1. The highest BCUT2D eigenvalue weighted by Crippen LogP contribution is 2.17. The van der Waals surface area contributed by atoms with E-state index in [0.29, 0.717) is 6.54 Å². The van der Waals surface area contributed by atoms with Gasteiger partial charge in [-0.1, -0.05) is 0 Å². The average molecular weight is 198 g/mol. The Hall–Kier alpha value is -0.740. The van der Waals surface area contributed by atoms with Gasteiger partial charge in [0.05, 0.1) is 22.1 Å². The molecule has 0 spiro atoms. The van der Waals surface area contributed by atoms with Crippen molar-refractivity contribution in [2.45, 2.75) is 13.8 Å². The van der Waals surface area contributed by atoms with Crippen molar-refractivity contribution >= 4 is 17.1 Å². The third kappa shape index (κ3) is 2.60. The van der Waals surface area contributed by atoms with E-state index in [1.54, 1.807) is 0 Å². The monoisotopic (exact) mass is 198 g/mol. The molecule has 0 aliphatic heterocycles. The van der Waals surface area contributed by atoms with Crippen molar-refractivity contribution in [1.82, 2.24) is 9.88 Å². The van der Waals surface area contributed by atoms with Crippen molar-refractivity contribution in [3.63, 3.8) is 0 Å². The molecule has 0 bridgehead atoms. The van der Waals surface area contributed by atoms with E-state index in [0.717, 1.165) is 15.6 Å². The van der Waals surface area contributed by atoms with Gasteiger partial charge >= 0.3 is 0 Å². The second-order valence-electron chi connectivity index (χ2n) is 3.31. The van der Waals surface area contributed by atoms with Crippen molar-refractivity contribution in [3.8, 4) is 0 Å². The fourth-order valence-corrected chi connectivity index (χ4v) is 2.00. The van der Waals surface area contributed by atoms with Crippen LogP contribution in [0.3, 0.4) is 0 Å². The smallest absolute Gasteiger partial charge is 0.188 e. The Labute approximate surface area is 82.4 Å². The number of Topliss-reactive ketones (excluding diaryl/α,β-unsaturated/α-hetero) is 1. The molecule has 1 aromatic rings. The Balaban J connectivity index is 2.82. The molecule has 13 heavy (non-hydrogen) atoms. The highest BCUT2D eigenvalue weighted by atomic mass is 32.1. The first kappa shape index (κ1) is 10.3. The van der Waals surface area contributed by atoms with Gasteiger partial charge in [-0.25, -0.2) is 4.98 Å². The molecule has 1 aromatic heterocycles. The lowest BCUT2D eigenvalue weighted by Crippen LogP contribution is -2.21. The van der Waals surface area contributed by atoms with Crippen molar-refractivity contribution in [2.75, 3.05) is 20.6 Å². The summed E-state index contributed by atoms with van der Waals surface area (Å²) in [6.07, 6.45) is 0. The van der Waals surface area contributed by atoms with E-state index in [9.17, 15) is 4.79 Å². The molecule has 0 aliphatic rings. The Bertz CT molecular complexity index is 317. The third-order valence-corrected chi connectivity index (χ3v) is 2.73. The topological polar surface area (TPSA) is 33.2 Å². The van der Waals surface area contributed by atoms with Gasteiger partial charge in [0.2, 0.25) is 0 Å². The van der Waals surface area contributed by atoms with Crippen molar-refractivity contribution in [3.05, 3.63) is 15.6 Å². The molecule has 0 aliphatic carbocycles. The van der Waals surface area contributed by atoms with Gasteiger partial charge in [-0.3, -0.25) is 4.79 Å². The molecule has 3 nitrogen and oxygen atoms in total. The Morgan fingerprint density at radius 3 is 2.46 bits per heavy atom. The highest BCUT2D eigenvalue weighted by Gasteiger charge is 2.13. The van der Waals surface area contributed by atoms with Crippen LogP contribution in [0.25, 0.3) is 0 Å². The normalized spacial score (nSPS) is 10.8. The van der Waals surface area contributed by atoms with Gasteiger partial charge in [-0.2, -0.15) is 0 Å². The second kappa shape index (κ2) is 3.98. The molecule has 0 saturated carbocycles. The molecular weight excluding hydrogens is 184 g/mol. The van der Waals surface area contributed by atoms with Crippen LogP contribution in [0.4, 0.5) is 0 Å². The van der Waals surface area contributed by atoms with Crippen LogP contribution < -0.4 is 0 Å². The van der Waals surface area contributed by atoms with Gasteiger partial charge in [0.25, 0.3) is 0 Å². The molecule has 0 saturated heterocycles. The zero-order valence-electron chi connectivity index (χ0n) is 8.42. The van der Waals surface area contributed by atoms with E-state index in [2.05, 4.69) is 4.98 Å². The molecule has 1 rings (SSSR count). The van der Waals surface area contributed by atoms with E-state index in [1.807, 2.05) is 32.8 Å². The van der Waals surface area contributed by atoms with Crippen LogP contribution >= 0.6 is 11.3 Å². The lowest BCUT2D eigenvalue weighted by atomic mass is 10.3. The minimum atomic E-state index is 0.160. The van der Waals surface area contributed by atoms with Crippen molar-refractivity contribution < 1.29 is 4.79 Å². The maximum Gasteiger partial charge on any atom is 0.188 e. The first-order valence-corrected chi connectivity index (χ1v) is 4.94. The Morgan fingerprint density at radius 1 is 1.46 bits per heavy atom. The summed E-state index contributed by atoms with van der Waals surface area (Å²) in [4.78, 5) is 18.5. The molecule has 1 heterocycles. The van der Waals surface area contributed by atoms with E-state index >= 15 is 0 Å². The first-order valence-electron chi connectivity index (χ1n) is 4.12.